The lowest BCUT2D eigenvalue weighted by molar-refractivity contribution is 0.169. The Labute approximate surface area is 199 Å². The van der Waals surface area contributed by atoms with Crippen LogP contribution < -0.4 is 5.32 Å². The predicted molar refractivity (Wildman–Crippen MR) is 129 cm³/mol. The van der Waals surface area contributed by atoms with Crippen LogP contribution in [0.1, 0.15) is 12.6 Å². The van der Waals surface area contributed by atoms with Crippen molar-refractivity contribution < 1.29 is 12.9 Å². The maximum atomic E-state index is 12.5. The minimum Gasteiger partial charge on any atom is -0.364 e. The van der Waals surface area contributed by atoms with Crippen LogP contribution in [-0.2, 0) is 16.6 Å². The van der Waals surface area contributed by atoms with Crippen molar-refractivity contribution in [3.8, 4) is 0 Å². The molecule has 0 atom stereocenters. The molecule has 1 aliphatic heterocycles. The zero-order valence-corrected chi connectivity index (χ0v) is 21.2. The lowest BCUT2D eigenvalue weighted by Gasteiger charge is -2.36. The van der Waals surface area contributed by atoms with E-state index in [2.05, 4.69) is 25.3 Å². The number of nitrogens with zero attached hydrogens (tertiary/aromatic N) is 5. The summed E-state index contributed by atoms with van der Waals surface area (Å²) in [5.41, 5.74) is 0.939. The van der Waals surface area contributed by atoms with Crippen LogP contribution in [0.5, 0.6) is 0 Å². The zero-order chi connectivity index (χ0) is 20.7. The van der Waals surface area contributed by atoms with Gasteiger partial charge in [0, 0.05) is 58.9 Å². The summed E-state index contributed by atoms with van der Waals surface area (Å²) in [5, 5.41) is 9.05. The maximum absolute atomic E-state index is 12.5. The third kappa shape index (κ3) is 6.64. The quantitative estimate of drug-likeness (QED) is 0.295. The molecule has 3 rings (SSSR count). The topological polar surface area (TPSA) is 94.3 Å². The second kappa shape index (κ2) is 12.0. The molecular formula is C18H29IN6O3S2. The van der Waals surface area contributed by atoms with E-state index in [-0.39, 0.29) is 24.0 Å². The summed E-state index contributed by atoms with van der Waals surface area (Å²) in [6, 6.07) is 5.26. The number of likely N-dealkylation sites (N-methyl/N-ethyl adjacent to an activating group) is 1. The van der Waals surface area contributed by atoms with Crippen molar-refractivity contribution in [3.63, 3.8) is 0 Å². The molecule has 12 heteroatoms. The fourth-order valence-electron chi connectivity index (χ4n) is 3.07. The first kappa shape index (κ1) is 25.0. The molecule has 1 saturated heterocycles. The molecule has 3 heterocycles. The molecule has 0 radical (unpaired) electrons. The molecule has 0 unspecified atom stereocenters. The van der Waals surface area contributed by atoms with Crippen LogP contribution in [0.4, 0.5) is 0 Å². The molecule has 1 N–H and O–H groups in total. The molecular weight excluding hydrogens is 539 g/mol. The first-order valence-electron chi connectivity index (χ1n) is 9.65. The van der Waals surface area contributed by atoms with Crippen molar-refractivity contribution in [2.75, 3.05) is 52.9 Å². The monoisotopic (exact) mass is 568 g/mol. The van der Waals surface area contributed by atoms with E-state index in [0.717, 1.165) is 50.9 Å². The lowest BCUT2D eigenvalue weighted by atomic mass is 10.3. The number of rotatable bonds is 8. The summed E-state index contributed by atoms with van der Waals surface area (Å²) < 4.78 is 31.6. The third-order valence-corrected chi connectivity index (χ3v) is 7.95. The molecule has 1 fully saturated rings. The van der Waals surface area contributed by atoms with Crippen LogP contribution >= 0.6 is 35.3 Å². The number of hydrogen-bond donors (Lipinski definition) is 1. The van der Waals surface area contributed by atoms with Crippen molar-refractivity contribution in [1.29, 1.82) is 0 Å². The van der Waals surface area contributed by atoms with Gasteiger partial charge < -0.3 is 14.7 Å². The van der Waals surface area contributed by atoms with Crippen molar-refractivity contribution in [1.82, 2.24) is 24.6 Å². The summed E-state index contributed by atoms with van der Waals surface area (Å²) in [7, 11) is -1.84. The van der Waals surface area contributed by atoms with E-state index in [1.165, 1.54) is 15.6 Å². The average molecular weight is 569 g/mol. The highest BCUT2D eigenvalue weighted by atomic mass is 127. The van der Waals surface area contributed by atoms with Gasteiger partial charge in [-0.3, -0.25) is 9.89 Å². The summed E-state index contributed by atoms with van der Waals surface area (Å²) in [6.45, 7) is 7.84. The van der Waals surface area contributed by atoms with Gasteiger partial charge in [0.05, 0.1) is 12.2 Å². The fourth-order valence-corrected chi connectivity index (χ4v) is 5.44. The van der Waals surface area contributed by atoms with Crippen molar-refractivity contribution >= 4 is 51.3 Å². The fraction of sp³-hybridized carbons (Fsp3) is 0.556. The summed E-state index contributed by atoms with van der Waals surface area (Å²) in [5.74, 6) is 0.829. The highest BCUT2D eigenvalue weighted by molar-refractivity contribution is 14.0. The molecule has 0 amide bonds. The van der Waals surface area contributed by atoms with Crippen LogP contribution in [0.15, 0.2) is 43.6 Å². The number of sulfonamides is 1. The maximum Gasteiger partial charge on any atom is 0.252 e. The average Bonchev–Trinajstić information content (AvgIpc) is 3.42. The summed E-state index contributed by atoms with van der Waals surface area (Å²) in [4.78, 5) is 9.21. The normalized spacial score (nSPS) is 16.0. The van der Waals surface area contributed by atoms with Gasteiger partial charge in [0.15, 0.2) is 5.96 Å². The highest BCUT2D eigenvalue weighted by Gasteiger charge is 2.22. The van der Waals surface area contributed by atoms with E-state index >= 15 is 0 Å². The molecule has 30 heavy (non-hydrogen) atoms. The van der Waals surface area contributed by atoms with Gasteiger partial charge >= 0.3 is 0 Å². The van der Waals surface area contributed by atoms with E-state index in [4.69, 9.17) is 4.52 Å². The van der Waals surface area contributed by atoms with Crippen LogP contribution in [0.2, 0.25) is 0 Å². The molecule has 0 aliphatic carbocycles. The Balaban J connectivity index is 0.00000320. The van der Waals surface area contributed by atoms with Crippen molar-refractivity contribution in [2.24, 2.45) is 4.99 Å². The first-order valence-corrected chi connectivity index (χ1v) is 12.0. The Morgan fingerprint density at radius 1 is 1.33 bits per heavy atom. The van der Waals surface area contributed by atoms with E-state index in [0.29, 0.717) is 17.3 Å². The molecule has 0 aromatic carbocycles. The van der Waals surface area contributed by atoms with Gasteiger partial charge in [-0.1, -0.05) is 11.2 Å². The van der Waals surface area contributed by atoms with Crippen molar-refractivity contribution in [3.05, 3.63) is 35.5 Å². The van der Waals surface area contributed by atoms with Crippen LogP contribution in [0.25, 0.3) is 0 Å². The number of piperazine rings is 1. The number of nitrogens with one attached hydrogen (secondary N) is 1. The first-order chi connectivity index (χ1) is 14.0. The molecule has 2 aromatic heterocycles. The number of aliphatic imine (C=N–C) groups is 1. The van der Waals surface area contributed by atoms with Crippen LogP contribution in [0, 0.1) is 0 Å². The minimum atomic E-state index is -3.43. The Bertz CT molecular complexity index is 866. The molecule has 168 valence electrons. The standard InChI is InChI=1S/C18H28N6O3S2.HI/c1-3-19-18(20-7-8-22(2)29(25,26)17-5-4-14-28-17)24-11-9-23(10-12-24)15-16-6-13-27-21-16;/h4-6,13-14H,3,7-12,15H2,1-2H3,(H,19,20);1H. The largest absolute Gasteiger partial charge is 0.364 e. The van der Waals surface area contributed by atoms with E-state index < -0.39 is 10.0 Å². The highest BCUT2D eigenvalue weighted by Crippen LogP contribution is 2.19. The van der Waals surface area contributed by atoms with E-state index in [1.807, 2.05) is 13.0 Å². The number of aromatic nitrogens is 1. The van der Waals surface area contributed by atoms with Crippen LogP contribution in [0.3, 0.4) is 0 Å². The number of halogens is 1. The van der Waals surface area contributed by atoms with Crippen LogP contribution in [-0.4, -0.2) is 86.5 Å². The molecule has 0 spiro atoms. The Kier molecular flexibility index (Phi) is 10.0. The predicted octanol–water partition coefficient (Wildman–Crippen LogP) is 1.76. The SMILES string of the molecule is CCNC(=NCCN(C)S(=O)(=O)c1cccs1)N1CCN(Cc2ccon2)CC1.I. The second-order valence-corrected chi connectivity index (χ2v) is 9.97. The molecule has 0 saturated carbocycles. The summed E-state index contributed by atoms with van der Waals surface area (Å²) in [6.07, 6.45) is 1.59. The number of thiophene rings is 1. The van der Waals surface area contributed by atoms with Gasteiger partial charge in [-0.2, -0.15) is 4.31 Å². The minimum absolute atomic E-state index is 0. The number of hydrogen-bond acceptors (Lipinski definition) is 7. The van der Waals surface area contributed by atoms with Gasteiger partial charge in [0.25, 0.3) is 10.0 Å². The molecule has 9 nitrogen and oxygen atoms in total. The van der Waals surface area contributed by atoms with Gasteiger partial charge in [-0.15, -0.1) is 35.3 Å². The Morgan fingerprint density at radius 2 is 2.10 bits per heavy atom. The zero-order valence-electron chi connectivity index (χ0n) is 17.2. The molecule has 0 bridgehead atoms. The van der Waals surface area contributed by atoms with Gasteiger partial charge in [-0.25, -0.2) is 8.42 Å². The van der Waals surface area contributed by atoms with Crippen molar-refractivity contribution in [2.45, 2.75) is 17.7 Å². The van der Waals surface area contributed by atoms with Gasteiger partial charge in [0.1, 0.15) is 10.5 Å². The summed E-state index contributed by atoms with van der Waals surface area (Å²) >= 11 is 1.23. The molecule has 2 aromatic rings. The Hall–Kier alpha value is -1.22. The van der Waals surface area contributed by atoms with E-state index in [9.17, 15) is 8.42 Å². The lowest BCUT2D eigenvalue weighted by Crippen LogP contribution is -2.52. The molecule has 1 aliphatic rings. The second-order valence-electron chi connectivity index (χ2n) is 6.75. The van der Waals surface area contributed by atoms with Gasteiger partial charge in [-0.05, 0) is 18.4 Å². The van der Waals surface area contributed by atoms with Gasteiger partial charge in [0.2, 0.25) is 0 Å². The Morgan fingerprint density at radius 3 is 2.70 bits per heavy atom. The third-order valence-electron chi connectivity index (χ3n) is 4.72. The van der Waals surface area contributed by atoms with E-state index in [1.54, 1.807) is 30.8 Å². The smallest absolute Gasteiger partial charge is 0.252 e. The number of guanidine groups is 1.